The molecule has 0 aliphatic carbocycles. The average Bonchev–Trinajstić information content (AvgIpc) is 2.22. The van der Waals surface area contributed by atoms with Crippen molar-refractivity contribution in [3.05, 3.63) is 11.6 Å². The first kappa shape index (κ1) is 15.2. The molecule has 0 aliphatic heterocycles. The summed E-state index contributed by atoms with van der Waals surface area (Å²) in [5.41, 5.74) is 1.43. The molecule has 0 amide bonds. The normalized spacial score (nSPS) is 11.9. The zero-order valence-corrected chi connectivity index (χ0v) is 11.3. The topological polar surface area (TPSA) is 23.8 Å². The number of unbranched alkanes of at least 4 members (excludes halogenated alkanes) is 4. The lowest BCUT2D eigenvalue weighted by Crippen LogP contribution is -1.94. The Kier molecular flexibility index (Phi) is 10.2. The molecule has 1 nitrogen and oxygen atoms in total. The van der Waals surface area contributed by atoms with Crippen molar-refractivity contribution in [1.29, 1.82) is 5.26 Å². The average molecular weight is 221 g/mol. The molecule has 1 atom stereocenters. The largest absolute Gasteiger partial charge is 0.198 e. The molecule has 0 aromatic carbocycles. The first-order valence-corrected chi connectivity index (χ1v) is 6.67. The molecule has 0 N–H and O–H groups in total. The second kappa shape index (κ2) is 10.7. The van der Waals surface area contributed by atoms with Crippen LogP contribution in [0.1, 0.15) is 72.1 Å². The lowest BCUT2D eigenvalue weighted by molar-refractivity contribution is 0.461. The number of nitriles is 1. The van der Waals surface area contributed by atoms with E-state index in [1.54, 1.807) is 0 Å². The van der Waals surface area contributed by atoms with Gasteiger partial charge in [-0.25, -0.2) is 0 Å². The molecular weight excluding hydrogens is 194 g/mol. The molecule has 0 spiro atoms. The van der Waals surface area contributed by atoms with Crippen molar-refractivity contribution >= 4 is 0 Å². The highest BCUT2D eigenvalue weighted by molar-refractivity contribution is 4.92. The lowest BCUT2D eigenvalue weighted by Gasteiger charge is -2.09. The van der Waals surface area contributed by atoms with E-state index in [1.807, 2.05) is 0 Å². The quantitative estimate of drug-likeness (QED) is 0.386. The molecule has 0 fully saturated rings. The van der Waals surface area contributed by atoms with E-state index in [0.29, 0.717) is 0 Å². The number of hydrogen-bond donors (Lipinski definition) is 0. The molecule has 0 aliphatic rings. The number of allylic oxidation sites excluding steroid dienone is 2. The Balaban J connectivity index is 3.27. The van der Waals surface area contributed by atoms with Gasteiger partial charge in [0.1, 0.15) is 0 Å². The minimum Gasteiger partial charge on any atom is -0.198 e. The Bertz CT molecular complexity index is 218. The molecule has 1 unspecified atom stereocenters. The van der Waals surface area contributed by atoms with Gasteiger partial charge in [0.2, 0.25) is 0 Å². The zero-order valence-electron chi connectivity index (χ0n) is 11.3. The molecule has 92 valence electrons. The molecule has 0 rings (SSSR count). The van der Waals surface area contributed by atoms with Gasteiger partial charge < -0.3 is 0 Å². The van der Waals surface area contributed by atoms with Gasteiger partial charge in [0.15, 0.2) is 0 Å². The maximum atomic E-state index is 8.40. The van der Waals surface area contributed by atoms with Crippen LogP contribution in [-0.4, -0.2) is 0 Å². The fourth-order valence-corrected chi connectivity index (χ4v) is 1.85. The number of rotatable bonds is 9. The van der Waals surface area contributed by atoms with E-state index >= 15 is 0 Å². The van der Waals surface area contributed by atoms with Gasteiger partial charge in [0, 0.05) is 6.42 Å². The molecule has 0 aromatic rings. The highest BCUT2D eigenvalue weighted by atomic mass is 14.2. The maximum absolute atomic E-state index is 8.40. The minimum absolute atomic E-state index is 0.732. The van der Waals surface area contributed by atoms with Crippen LogP contribution in [0.5, 0.6) is 0 Å². The van der Waals surface area contributed by atoms with E-state index in [4.69, 9.17) is 5.26 Å². The van der Waals surface area contributed by atoms with Crippen LogP contribution in [-0.2, 0) is 0 Å². The first-order valence-electron chi connectivity index (χ1n) is 6.67. The second-order valence-corrected chi connectivity index (χ2v) is 5.07. The number of hydrogen-bond acceptors (Lipinski definition) is 1. The summed E-state index contributed by atoms with van der Waals surface area (Å²) in [7, 11) is 0. The van der Waals surface area contributed by atoms with Gasteiger partial charge >= 0.3 is 0 Å². The Hall–Kier alpha value is -0.770. The molecule has 0 radical (unpaired) electrons. The fraction of sp³-hybridized carbons (Fsp3) is 0.800. The van der Waals surface area contributed by atoms with E-state index in [-0.39, 0.29) is 0 Å². The fourth-order valence-electron chi connectivity index (χ4n) is 1.85. The smallest absolute Gasteiger partial charge is 0.0621 e. The summed E-state index contributed by atoms with van der Waals surface area (Å²) in [5.74, 6) is 0.853. The standard InChI is InChI=1S/C15H27N/c1-14(2)10-9-12-15(3)11-7-5-4-6-8-13-16/h10,15H,4-9,11-12H2,1-3H3. The Morgan fingerprint density at radius 3 is 2.44 bits per heavy atom. The summed E-state index contributed by atoms with van der Waals surface area (Å²) in [6.07, 6.45) is 11.9. The van der Waals surface area contributed by atoms with Crippen LogP contribution in [0.15, 0.2) is 11.6 Å². The molecule has 0 aromatic heterocycles. The van der Waals surface area contributed by atoms with Crippen LogP contribution in [0.25, 0.3) is 0 Å². The molecule has 16 heavy (non-hydrogen) atoms. The summed E-state index contributed by atoms with van der Waals surface area (Å²) in [6.45, 7) is 6.69. The summed E-state index contributed by atoms with van der Waals surface area (Å²) < 4.78 is 0. The molecule has 0 saturated heterocycles. The van der Waals surface area contributed by atoms with E-state index < -0.39 is 0 Å². The summed E-state index contributed by atoms with van der Waals surface area (Å²) >= 11 is 0. The first-order chi connectivity index (χ1) is 7.66. The molecule has 0 bridgehead atoms. The van der Waals surface area contributed by atoms with Gasteiger partial charge in [-0.05, 0) is 39.0 Å². The van der Waals surface area contributed by atoms with Gasteiger partial charge in [0.25, 0.3) is 0 Å². The minimum atomic E-state index is 0.732. The third-order valence-electron chi connectivity index (χ3n) is 2.95. The van der Waals surface area contributed by atoms with E-state index in [2.05, 4.69) is 32.9 Å². The third kappa shape index (κ3) is 11.3. The van der Waals surface area contributed by atoms with E-state index in [9.17, 15) is 0 Å². The van der Waals surface area contributed by atoms with Gasteiger partial charge in [-0.2, -0.15) is 5.26 Å². The second-order valence-electron chi connectivity index (χ2n) is 5.07. The van der Waals surface area contributed by atoms with Crippen molar-refractivity contribution in [2.24, 2.45) is 5.92 Å². The van der Waals surface area contributed by atoms with Crippen LogP contribution >= 0.6 is 0 Å². The van der Waals surface area contributed by atoms with Crippen molar-refractivity contribution in [2.45, 2.75) is 72.1 Å². The van der Waals surface area contributed by atoms with Crippen LogP contribution < -0.4 is 0 Å². The van der Waals surface area contributed by atoms with Crippen molar-refractivity contribution in [1.82, 2.24) is 0 Å². The third-order valence-corrected chi connectivity index (χ3v) is 2.95. The van der Waals surface area contributed by atoms with Crippen LogP contribution in [0.4, 0.5) is 0 Å². The van der Waals surface area contributed by atoms with Gasteiger partial charge in [-0.15, -0.1) is 0 Å². The molecule has 0 heterocycles. The van der Waals surface area contributed by atoms with Crippen molar-refractivity contribution in [2.75, 3.05) is 0 Å². The predicted molar refractivity (Wildman–Crippen MR) is 71.1 cm³/mol. The highest BCUT2D eigenvalue weighted by Crippen LogP contribution is 2.16. The van der Waals surface area contributed by atoms with Gasteiger partial charge in [-0.3, -0.25) is 0 Å². The highest BCUT2D eigenvalue weighted by Gasteiger charge is 2.00. The predicted octanol–water partition coefficient (Wildman–Crippen LogP) is 5.23. The monoisotopic (exact) mass is 221 g/mol. The summed E-state index contributed by atoms with van der Waals surface area (Å²) in [4.78, 5) is 0. The van der Waals surface area contributed by atoms with Gasteiger partial charge in [0.05, 0.1) is 6.07 Å². The van der Waals surface area contributed by atoms with Crippen molar-refractivity contribution in [3.8, 4) is 6.07 Å². The Morgan fingerprint density at radius 2 is 1.81 bits per heavy atom. The zero-order chi connectivity index (χ0) is 12.2. The summed E-state index contributed by atoms with van der Waals surface area (Å²) in [5, 5.41) is 8.40. The van der Waals surface area contributed by atoms with Crippen LogP contribution in [0, 0.1) is 17.2 Å². The molecule has 0 saturated carbocycles. The van der Waals surface area contributed by atoms with E-state index in [0.717, 1.165) is 18.8 Å². The summed E-state index contributed by atoms with van der Waals surface area (Å²) in [6, 6.07) is 2.20. The molecular formula is C15H27N. The lowest BCUT2D eigenvalue weighted by atomic mass is 9.97. The van der Waals surface area contributed by atoms with Gasteiger partial charge in [-0.1, -0.05) is 44.3 Å². The van der Waals surface area contributed by atoms with Crippen LogP contribution in [0.2, 0.25) is 0 Å². The van der Waals surface area contributed by atoms with Crippen molar-refractivity contribution in [3.63, 3.8) is 0 Å². The Morgan fingerprint density at radius 1 is 1.12 bits per heavy atom. The van der Waals surface area contributed by atoms with Crippen molar-refractivity contribution < 1.29 is 0 Å². The van der Waals surface area contributed by atoms with E-state index in [1.165, 1.54) is 44.1 Å². The number of nitrogens with zero attached hydrogens (tertiary/aromatic N) is 1. The Labute approximate surface area is 102 Å². The van der Waals surface area contributed by atoms with Crippen LogP contribution in [0.3, 0.4) is 0 Å². The maximum Gasteiger partial charge on any atom is 0.0621 e. The molecule has 1 heteroatoms. The SMILES string of the molecule is CC(C)=CCCC(C)CCCCCCC#N.